The molecule has 8 heteroatoms. The van der Waals surface area contributed by atoms with E-state index in [1.165, 1.54) is 18.2 Å². The fraction of sp³-hybridized carbons (Fsp3) is 0.0833. The SMILES string of the molecule is Nc1cc(C(F)(F)F)cc(Oc2cc(Cl)cc(Cl)c2)n1. The van der Waals surface area contributed by atoms with Crippen molar-refractivity contribution in [2.45, 2.75) is 6.18 Å². The number of hydrogen-bond donors (Lipinski definition) is 1. The van der Waals surface area contributed by atoms with Crippen molar-refractivity contribution in [1.82, 2.24) is 4.98 Å². The van der Waals surface area contributed by atoms with Crippen molar-refractivity contribution in [3.05, 3.63) is 45.9 Å². The number of ether oxygens (including phenoxy) is 1. The summed E-state index contributed by atoms with van der Waals surface area (Å²) >= 11 is 11.5. The first-order valence-corrected chi connectivity index (χ1v) is 5.98. The Kier molecular flexibility index (Phi) is 3.96. The second kappa shape index (κ2) is 5.38. The van der Waals surface area contributed by atoms with Gasteiger partial charge in [-0.2, -0.15) is 18.2 Å². The maximum absolute atomic E-state index is 12.6. The zero-order valence-corrected chi connectivity index (χ0v) is 11.2. The highest BCUT2D eigenvalue weighted by molar-refractivity contribution is 6.34. The molecule has 2 aromatic rings. The summed E-state index contributed by atoms with van der Waals surface area (Å²) in [6, 6.07) is 5.71. The summed E-state index contributed by atoms with van der Waals surface area (Å²) in [5.41, 5.74) is 4.38. The topological polar surface area (TPSA) is 48.1 Å². The van der Waals surface area contributed by atoms with Crippen LogP contribution >= 0.6 is 23.2 Å². The van der Waals surface area contributed by atoms with Crippen LogP contribution in [0.2, 0.25) is 10.0 Å². The zero-order chi connectivity index (χ0) is 14.9. The lowest BCUT2D eigenvalue weighted by atomic mass is 10.2. The number of benzene rings is 1. The Bertz CT molecular complexity index is 627. The van der Waals surface area contributed by atoms with Gasteiger partial charge in [-0.15, -0.1) is 0 Å². The van der Waals surface area contributed by atoms with Crippen LogP contribution in [-0.2, 0) is 6.18 Å². The molecule has 1 aromatic heterocycles. The Hall–Kier alpha value is -1.66. The lowest BCUT2D eigenvalue weighted by molar-refractivity contribution is -0.137. The van der Waals surface area contributed by atoms with Gasteiger partial charge in [-0.1, -0.05) is 23.2 Å². The molecule has 106 valence electrons. The van der Waals surface area contributed by atoms with Crippen LogP contribution in [0.15, 0.2) is 30.3 Å². The molecule has 2 N–H and O–H groups in total. The van der Waals surface area contributed by atoms with Gasteiger partial charge in [-0.3, -0.25) is 0 Å². The van der Waals surface area contributed by atoms with Crippen LogP contribution in [0, 0.1) is 0 Å². The molecule has 0 saturated carbocycles. The number of alkyl halides is 3. The van der Waals surface area contributed by atoms with Crippen molar-refractivity contribution >= 4 is 29.0 Å². The van der Waals surface area contributed by atoms with Crippen LogP contribution in [0.3, 0.4) is 0 Å². The fourth-order valence-corrected chi connectivity index (χ4v) is 1.96. The summed E-state index contributed by atoms with van der Waals surface area (Å²) in [7, 11) is 0. The van der Waals surface area contributed by atoms with Gasteiger partial charge in [0, 0.05) is 16.1 Å². The number of nitrogen functional groups attached to an aromatic ring is 1. The molecule has 0 fully saturated rings. The normalized spacial score (nSPS) is 11.4. The van der Waals surface area contributed by atoms with E-state index < -0.39 is 11.7 Å². The van der Waals surface area contributed by atoms with Crippen molar-refractivity contribution in [2.24, 2.45) is 0 Å². The molecular formula is C12H7Cl2F3N2O. The minimum absolute atomic E-state index is 0.161. The summed E-state index contributed by atoms with van der Waals surface area (Å²) in [6.07, 6.45) is -4.54. The lowest BCUT2D eigenvalue weighted by Crippen LogP contribution is -2.07. The van der Waals surface area contributed by atoms with Crippen molar-refractivity contribution < 1.29 is 17.9 Å². The molecule has 0 amide bonds. The first-order chi connectivity index (χ1) is 9.24. The van der Waals surface area contributed by atoms with Crippen LogP contribution < -0.4 is 10.5 Å². The third kappa shape index (κ3) is 3.68. The highest BCUT2D eigenvalue weighted by Gasteiger charge is 2.31. The fourth-order valence-electron chi connectivity index (χ4n) is 1.45. The van der Waals surface area contributed by atoms with E-state index in [9.17, 15) is 13.2 Å². The first-order valence-electron chi connectivity index (χ1n) is 5.23. The van der Waals surface area contributed by atoms with E-state index in [-0.39, 0.29) is 27.5 Å². The minimum Gasteiger partial charge on any atom is -0.439 e. The Morgan fingerprint density at radius 2 is 1.60 bits per heavy atom. The van der Waals surface area contributed by atoms with Crippen LogP contribution in [0.25, 0.3) is 0 Å². The maximum atomic E-state index is 12.6. The Morgan fingerprint density at radius 3 is 2.15 bits per heavy atom. The van der Waals surface area contributed by atoms with Crippen LogP contribution in [-0.4, -0.2) is 4.98 Å². The Labute approximate surface area is 122 Å². The average molecular weight is 323 g/mol. The Morgan fingerprint density at radius 1 is 1.00 bits per heavy atom. The summed E-state index contributed by atoms with van der Waals surface area (Å²) in [5, 5.41) is 0.569. The minimum atomic E-state index is -4.54. The molecule has 0 unspecified atom stereocenters. The van der Waals surface area contributed by atoms with Crippen molar-refractivity contribution in [3.8, 4) is 11.6 Å². The number of nitrogens with zero attached hydrogens (tertiary/aromatic N) is 1. The van der Waals surface area contributed by atoms with E-state index in [4.69, 9.17) is 33.7 Å². The molecule has 0 atom stereocenters. The quantitative estimate of drug-likeness (QED) is 0.865. The molecule has 1 aromatic carbocycles. The molecule has 0 bridgehead atoms. The molecule has 20 heavy (non-hydrogen) atoms. The van der Waals surface area contributed by atoms with E-state index in [0.29, 0.717) is 0 Å². The van der Waals surface area contributed by atoms with E-state index in [2.05, 4.69) is 4.98 Å². The zero-order valence-electron chi connectivity index (χ0n) is 9.71. The predicted molar refractivity (Wildman–Crippen MR) is 70.2 cm³/mol. The molecule has 0 aliphatic heterocycles. The van der Waals surface area contributed by atoms with Gasteiger partial charge in [0.15, 0.2) is 0 Å². The van der Waals surface area contributed by atoms with Gasteiger partial charge in [0.05, 0.1) is 5.56 Å². The summed E-state index contributed by atoms with van der Waals surface area (Å²) in [5.74, 6) is -0.438. The highest BCUT2D eigenvalue weighted by Crippen LogP contribution is 2.34. The van der Waals surface area contributed by atoms with Gasteiger partial charge in [-0.25, -0.2) is 0 Å². The first kappa shape index (κ1) is 14.7. The Balaban J connectivity index is 2.36. The summed E-state index contributed by atoms with van der Waals surface area (Å²) < 4.78 is 43.1. The number of nitrogens with two attached hydrogens (primary N) is 1. The molecule has 3 nitrogen and oxygen atoms in total. The van der Waals surface area contributed by atoms with Crippen LogP contribution in [0.4, 0.5) is 19.0 Å². The second-order valence-electron chi connectivity index (χ2n) is 3.82. The molecule has 0 aliphatic rings. The molecule has 2 rings (SSSR count). The predicted octanol–water partition coefficient (Wildman–Crippen LogP) is 4.78. The van der Waals surface area contributed by atoms with Crippen LogP contribution in [0.1, 0.15) is 5.56 Å². The average Bonchev–Trinajstić information content (AvgIpc) is 2.25. The lowest BCUT2D eigenvalue weighted by Gasteiger charge is -2.11. The highest BCUT2D eigenvalue weighted by atomic mass is 35.5. The van der Waals surface area contributed by atoms with E-state index in [0.717, 1.165) is 12.1 Å². The third-order valence-electron chi connectivity index (χ3n) is 2.21. The van der Waals surface area contributed by atoms with Gasteiger partial charge in [-0.05, 0) is 24.3 Å². The molecule has 0 radical (unpaired) electrons. The summed E-state index contributed by atoms with van der Waals surface area (Å²) in [6.45, 7) is 0. The second-order valence-corrected chi connectivity index (χ2v) is 4.70. The van der Waals surface area contributed by atoms with Gasteiger partial charge in [0.2, 0.25) is 5.88 Å². The molecule has 1 heterocycles. The number of aromatic nitrogens is 1. The number of halogens is 5. The van der Waals surface area contributed by atoms with E-state index in [1.807, 2.05) is 0 Å². The number of pyridine rings is 1. The van der Waals surface area contributed by atoms with Crippen molar-refractivity contribution in [2.75, 3.05) is 5.73 Å². The number of hydrogen-bond acceptors (Lipinski definition) is 3. The monoisotopic (exact) mass is 322 g/mol. The smallest absolute Gasteiger partial charge is 0.416 e. The third-order valence-corrected chi connectivity index (χ3v) is 2.64. The maximum Gasteiger partial charge on any atom is 0.416 e. The molecular weight excluding hydrogens is 316 g/mol. The summed E-state index contributed by atoms with van der Waals surface area (Å²) in [4.78, 5) is 3.67. The number of rotatable bonds is 2. The molecule has 0 spiro atoms. The van der Waals surface area contributed by atoms with Gasteiger partial charge >= 0.3 is 6.18 Å². The van der Waals surface area contributed by atoms with E-state index >= 15 is 0 Å². The van der Waals surface area contributed by atoms with Gasteiger partial charge < -0.3 is 10.5 Å². The molecule has 0 saturated heterocycles. The largest absolute Gasteiger partial charge is 0.439 e. The standard InChI is InChI=1S/C12H7Cl2F3N2O/c13-7-3-8(14)5-9(4-7)20-11-2-6(12(15,16)17)1-10(18)19-11/h1-5H,(H2,18,19). The number of anilines is 1. The van der Waals surface area contributed by atoms with E-state index in [1.54, 1.807) is 0 Å². The molecule has 0 aliphatic carbocycles. The van der Waals surface area contributed by atoms with Crippen molar-refractivity contribution in [3.63, 3.8) is 0 Å². The van der Waals surface area contributed by atoms with Gasteiger partial charge in [0.1, 0.15) is 11.6 Å². The van der Waals surface area contributed by atoms with Crippen molar-refractivity contribution in [1.29, 1.82) is 0 Å². The van der Waals surface area contributed by atoms with Gasteiger partial charge in [0.25, 0.3) is 0 Å². The van der Waals surface area contributed by atoms with Crippen LogP contribution in [0.5, 0.6) is 11.6 Å².